The average Bonchev–Trinajstić information content (AvgIpc) is 2.79. The fourth-order valence-electron chi connectivity index (χ4n) is 3.89. The number of carbonyl (C=O) groups excluding carboxylic acids is 1. The normalized spacial score (nSPS) is 17.9. The monoisotopic (exact) mass is 433 g/mol. The van der Waals surface area contributed by atoms with E-state index in [2.05, 4.69) is 0 Å². The van der Waals surface area contributed by atoms with Gasteiger partial charge in [0.15, 0.2) is 0 Å². The SMILES string of the molecule is COC(=O)/C=C1\c2ccccc2CN(S(=O)(=O)c2ccc(C)cc2)C1c1ccccc1. The second kappa shape index (κ2) is 8.49. The summed E-state index contributed by atoms with van der Waals surface area (Å²) in [5.74, 6) is -0.527. The van der Waals surface area contributed by atoms with E-state index in [1.54, 1.807) is 24.3 Å². The van der Waals surface area contributed by atoms with Crippen molar-refractivity contribution in [3.05, 3.63) is 107 Å². The minimum Gasteiger partial charge on any atom is -0.466 e. The molecule has 1 heterocycles. The Bertz CT molecular complexity index is 1230. The van der Waals surface area contributed by atoms with Crippen LogP contribution in [0.1, 0.15) is 28.3 Å². The molecule has 3 aromatic carbocycles. The molecule has 1 unspecified atom stereocenters. The first-order valence-corrected chi connectivity index (χ1v) is 11.4. The van der Waals surface area contributed by atoms with Gasteiger partial charge >= 0.3 is 5.97 Å². The molecule has 5 nitrogen and oxygen atoms in total. The molecule has 6 heteroatoms. The molecular weight excluding hydrogens is 410 g/mol. The summed E-state index contributed by atoms with van der Waals surface area (Å²) >= 11 is 0. The summed E-state index contributed by atoms with van der Waals surface area (Å²) in [4.78, 5) is 12.5. The summed E-state index contributed by atoms with van der Waals surface area (Å²) in [5, 5.41) is 0. The van der Waals surface area contributed by atoms with E-state index in [1.807, 2.05) is 61.5 Å². The number of rotatable bonds is 4. The van der Waals surface area contributed by atoms with Gasteiger partial charge < -0.3 is 4.74 Å². The van der Waals surface area contributed by atoms with Gasteiger partial charge in [-0.1, -0.05) is 72.3 Å². The maximum Gasteiger partial charge on any atom is 0.330 e. The molecule has 1 aliphatic heterocycles. The molecule has 0 aliphatic carbocycles. The Labute approximate surface area is 182 Å². The topological polar surface area (TPSA) is 63.7 Å². The summed E-state index contributed by atoms with van der Waals surface area (Å²) in [6.07, 6.45) is 1.40. The lowest BCUT2D eigenvalue weighted by Gasteiger charge is -2.38. The summed E-state index contributed by atoms with van der Waals surface area (Å²) in [6.45, 7) is 2.11. The van der Waals surface area contributed by atoms with Crippen LogP contribution in [-0.2, 0) is 26.1 Å². The molecule has 1 aliphatic rings. The van der Waals surface area contributed by atoms with Gasteiger partial charge in [0.05, 0.1) is 18.0 Å². The number of methoxy groups -OCH3 is 1. The van der Waals surface area contributed by atoms with E-state index >= 15 is 0 Å². The molecule has 4 rings (SSSR count). The number of nitrogens with zero attached hydrogens (tertiary/aromatic N) is 1. The lowest BCUT2D eigenvalue weighted by molar-refractivity contribution is -0.134. The maximum absolute atomic E-state index is 13.8. The van der Waals surface area contributed by atoms with E-state index in [9.17, 15) is 13.2 Å². The number of hydrogen-bond donors (Lipinski definition) is 0. The number of hydrogen-bond acceptors (Lipinski definition) is 4. The van der Waals surface area contributed by atoms with Crippen LogP contribution in [0.4, 0.5) is 0 Å². The zero-order valence-corrected chi connectivity index (χ0v) is 18.2. The van der Waals surface area contributed by atoms with Crippen molar-refractivity contribution in [3.63, 3.8) is 0 Å². The van der Waals surface area contributed by atoms with Crippen molar-refractivity contribution >= 4 is 21.6 Å². The zero-order chi connectivity index (χ0) is 22.0. The summed E-state index contributed by atoms with van der Waals surface area (Å²) in [7, 11) is -2.54. The number of aryl methyl sites for hydroxylation is 1. The van der Waals surface area contributed by atoms with Gasteiger partial charge in [-0.2, -0.15) is 4.31 Å². The van der Waals surface area contributed by atoms with Crippen molar-refractivity contribution in [1.82, 2.24) is 4.31 Å². The van der Waals surface area contributed by atoms with Crippen LogP contribution in [0.25, 0.3) is 5.57 Å². The van der Waals surface area contributed by atoms with Crippen molar-refractivity contribution in [2.45, 2.75) is 24.4 Å². The lowest BCUT2D eigenvalue weighted by atomic mass is 9.86. The van der Waals surface area contributed by atoms with Crippen molar-refractivity contribution < 1.29 is 17.9 Å². The first-order valence-electron chi connectivity index (χ1n) is 9.93. The Morgan fingerprint density at radius 3 is 2.29 bits per heavy atom. The third kappa shape index (κ3) is 4.04. The van der Waals surface area contributed by atoms with Crippen LogP contribution in [0, 0.1) is 6.92 Å². The molecule has 0 saturated heterocycles. The van der Waals surface area contributed by atoms with Crippen LogP contribution in [0.2, 0.25) is 0 Å². The van der Waals surface area contributed by atoms with Crippen LogP contribution in [0.3, 0.4) is 0 Å². The van der Waals surface area contributed by atoms with Crippen LogP contribution >= 0.6 is 0 Å². The second-order valence-corrected chi connectivity index (χ2v) is 9.35. The smallest absolute Gasteiger partial charge is 0.330 e. The van der Waals surface area contributed by atoms with Gasteiger partial charge in [0, 0.05) is 12.6 Å². The number of benzene rings is 3. The van der Waals surface area contributed by atoms with Crippen LogP contribution in [-0.4, -0.2) is 25.8 Å². The van der Waals surface area contributed by atoms with Crippen LogP contribution in [0.5, 0.6) is 0 Å². The van der Waals surface area contributed by atoms with Crippen LogP contribution in [0.15, 0.2) is 89.8 Å². The first-order chi connectivity index (χ1) is 14.9. The second-order valence-electron chi connectivity index (χ2n) is 7.46. The van der Waals surface area contributed by atoms with Gasteiger partial charge in [0.25, 0.3) is 0 Å². The van der Waals surface area contributed by atoms with Crippen LogP contribution < -0.4 is 0 Å². The van der Waals surface area contributed by atoms with Gasteiger partial charge in [-0.05, 0) is 41.3 Å². The number of fused-ring (bicyclic) bond motifs is 1. The van der Waals surface area contributed by atoms with Crippen molar-refractivity contribution in [2.75, 3.05) is 7.11 Å². The van der Waals surface area contributed by atoms with Crippen molar-refractivity contribution in [2.24, 2.45) is 0 Å². The quantitative estimate of drug-likeness (QED) is 0.449. The molecule has 0 saturated carbocycles. The molecule has 1 atom stereocenters. The molecule has 3 aromatic rings. The maximum atomic E-state index is 13.8. The van der Waals surface area contributed by atoms with E-state index in [0.717, 1.165) is 22.3 Å². The Morgan fingerprint density at radius 2 is 1.61 bits per heavy atom. The number of sulfonamides is 1. The predicted molar refractivity (Wildman–Crippen MR) is 120 cm³/mol. The highest BCUT2D eigenvalue weighted by atomic mass is 32.2. The molecular formula is C25H23NO4S. The molecule has 0 spiro atoms. The highest BCUT2D eigenvalue weighted by Gasteiger charge is 2.39. The average molecular weight is 434 g/mol. The highest BCUT2D eigenvalue weighted by Crippen LogP contribution is 2.44. The predicted octanol–water partition coefficient (Wildman–Crippen LogP) is 4.50. The molecule has 31 heavy (non-hydrogen) atoms. The van der Waals surface area contributed by atoms with E-state index in [4.69, 9.17) is 4.74 Å². The van der Waals surface area contributed by atoms with Gasteiger partial charge in [-0.15, -0.1) is 0 Å². The molecule has 158 valence electrons. The Kier molecular flexibility index (Phi) is 5.76. The van der Waals surface area contributed by atoms with E-state index in [0.29, 0.717) is 5.57 Å². The molecule has 0 fully saturated rings. The standard InChI is InChI=1S/C25H23NO4S/c1-18-12-14-21(15-13-18)31(28,29)26-17-20-10-6-7-11-22(20)23(16-24(27)30-2)25(26)19-8-4-3-5-9-19/h3-16,25H,17H2,1-2H3/b23-16+. The van der Waals surface area contributed by atoms with E-state index < -0.39 is 22.0 Å². The lowest BCUT2D eigenvalue weighted by Crippen LogP contribution is -2.38. The Hall–Kier alpha value is -3.22. The van der Waals surface area contributed by atoms with Gasteiger partial charge in [0.2, 0.25) is 10.0 Å². The molecule has 0 bridgehead atoms. The summed E-state index contributed by atoms with van der Waals surface area (Å²) < 4.78 is 33.9. The molecule has 0 N–H and O–H groups in total. The zero-order valence-electron chi connectivity index (χ0n) is 17.4. The van der Waals surface area contributed by atoms with Crippen molar-refractivity contribution in [3.8, 4) is 0 Å². The molecule has 0 aromatic heterocycles. The van der Waals surface area contributed by atoms with Gasteiger partial charge in [-0.25, -0.2) is 13.2 Å². The third-order valence-corrected chi connectivity index (χ3v) is 7.28. The fourth-order valence-corrected chi connectivity index (χ4v) is 5.47. The molecule has 0 amide bonds. The first kappa shape index (κ1) is 21.0. The third-order valence-electron chi connectivity index (χ3n) is 5.45. The highest BCUT2D eigenvalue weighted by molar-refractivity contribution is 7.89. The van der Waals surface area contributed by atoms with Gasteiger partial charge in [-0.3, -0.25) is 0 Å². The molecule has 0 radical (unpaired) electrons. The van der Waals surface area contributed by atoms with Crippen molar-refractivity contribution in [1.29, 1.82) is 0 Å². The number of ether oxygens (including phenoxy) is 1. The fraction of sp³-hybridized carbons (Fsp3) is 0.160. The summed E-state index contributed by atoms with van der Waals surface area (Å²) in [6, 6.07) is 23.1. The Balaban J connectivity index is 1.96. The summed E-state index contributed by atoms with van der Waals surface area (Å²) in [5.41, 5.74) is 4.03. The van der Waals surface area contributed by atoms with E-state index in [1.165, 1.54) is 17.5 Å². The number of carbonyl (C=O) groups is 1. The number of esters is 1. The largest absolute Gasteiger partial charge is 0.466 e. The Morgan fingerprint density at radius 1 is 0.968 bits per heavy atom. The minimum atomic E-state index is -3.85. The van der Waals surface area contributed by atoms with Gasteiger partial charge in [0.1, 0.15) is 0 Å². The minimum absolute atomic E-state index is 0.199. The van der Waals surface area contributed by atoms with E-state index in [-0.39, 0.29) is 11.4 Å².